The Morgan fingerprint density at radius 2 is 1.84 bits per heavy atom. The van der Waals surface area contributed by atoms with Crippen LogP contribution in [0.3, 0.4) is 0 Å². The Kier molecular flexibility index (Phi) is 7.22. The SMILES string of the molecule is Nc1nc2c(nnn2[C@@H]2O[C@@H]3OCP(=O)(O)OC4C(F)[C@H](n5cnc6c(N)ncnc65)O[C@@H]4COP(=O)(O)OC2[C@H]3O)c(=O)[nH]1. The maximum atomic E-state index is 15.9. The number of phosphoric acid groups is 1. The van der Waals surface area contributed by atoms with Crippen molar-refractivity contribution in [3.05, 3.63) is 23.0 Å². The number of alkyl halides is 1. The molecule has 8 N–H and O–H groups in total. The van der Waals surface area contributed by atoms with Crippen LogP contribution in [0.4, 0.5) is 16.2 Å². The molecule has 4 aromatic rings. The number of phosphoric ester groups is 1. The maximum absolute atomic E-state index is 15.9. The quantitative estimate of drug-likeness (QED) is 0.125. The monoisotopic (exact) mass is 677 g/mol. The highest BCUT2D eigenvalue weighted by atomic mass is 31.2. The Balaban J connectivity index is 1.21. The van der Waals surface area contributed by atoms with E-state index in [9.17, 15) is 28.8 Å². The number of hydrogen-bond acceptors (Lipinski definition) is 18. The average molecular weight is 677 g/mol. The number of rotatable bonds is 2. The lowest BCUT2D eigenvalue weighted by Crippen LogP contribution is -2.35. The lowest BCUT2D eigenvalue weighted by Gasteiger charge is -2.25. The number of H-pyrrole nitrogens is 1. The number of halogens is 1. The smallest absolute Gasteiger partial charge is 0.385 e. The Morgan fingerprint density at radius 1 is 1.04 bits per heavy atom. The number of aromatic nitrogens is 9. The van der Waals surface area contributed by atoms with Crippen molar-refractivity contribution in [3.63, 3.8) is 0 Å². The third-order valence-corrected chi connectivity index (χ3v) is 9.07. The van der Waals surface area contributed by atoms with Crippen LogP contribution in [0, 0.1) is 0 Å². The van der Waals surface area contributed by atoms with Crippen molar-refractivity contribution in [2.75, 3.05) is 24.4 Å². The second kappa shape index (κ2) is 10.8. The summed E-state index contributed by atoms with van der Waals surface area (Å²) >= 11 is 0. The van der Waals surface area contributed by atoms with Crippen molar-refractivity contribution in [1.82, 2.24) is 44.5 Å². The Morgan fingerprint density at radius 3 is 2.64 bits per heavy atom. The summed E-state index contributed by atoms with van der Waals surface area (Å²) in [5.41, 5.74) is 10.2. The molecule has 2 bridgehead atoms. The molecule has 0 aromatic carbocycles. The number of nitrogens with two attached hydrogens (primary N) is 2. The largest absolute Gasteiger partial charge is 0.472 e. The molecule has 4 aromatic heterocycles. The number of nitrogens with zero attached hydrogens (tertiary/aromatic N) is 8. The van der Waals surface area contributed by atoms with E-state index in [1.807, 2.05) is 0 Å². The number of ether oxygens (including phenoxy) is 3. The maximum Gasteiger partial charge on any atom is 0.472 e. The van der Waals surface area contributed by atoms with Crippen LogP contribution in [-0.4, -0.2) is 109 Å². The van der Waals surface area contributed by atoms with Gasteiger partial charge in [-0.15, -0.1) is 5.10 Å². The number of nitrogen functional groups attached to an aromatic ring is 2. The van der Waals surface area contributed by atoms with Gasteiger partial charge in [0.2, 0.25) is 5.95 Å². The Hall–Kier alpha value is -3.54. The molecule has 0 amide bonds. The summed E-state index contributed by atoms with van der Waals surface area (Å²) in [5.74, 6) is -0.348. The summed E-state index contributed by atoms with van der Waals surface area (Å²) in [6, 6.07) is 0. The minimum absolute atomic E-state index is 0.00745. The molecule has 45 heavy (non-hydrogen) atoms. The highest BCUT2D eigenvalue weighted by molar-refractivity contribution is 7.52. The van der Waals surface area contributed by atoms with Gasteiger partial charge in [0.1, 0.15) is 36.3 Å². The predicted molar refractivity (Wildman–Crippen MR) is 140 cm³/mol. The number of anilines is 2. The molecule has 0 saturated carbocycles. The average Bonchev–Trinajstić information content (AvgIpc) is 3.72. The zero-order valence-electron chi connectivity index (χ0n) is 22.2. The van der Waals surface area contributed by atoms with Crippen LogP contribution in [0.15, 0.2) is 17.4 Å². The molecule has 0 spiro atoms. The molecule has 3 saturated heterocycles. The molecule has 3 fully saturated rings. The van der Waals surface area contributed by atoms with Gasteiger partial charge in [0.25, 0.3) is 5.56 Å². The standard InChI is InChI=1S/C19H22FN11O12P2/c20-6-10-5(40-16(6)30-3-25-7-12(21)23-2-24-13(7)30)1-39-45(36,37)43-11-9(32)18(38-4-44(34,35)42-10)41-17(11)31-14-8(28-29-31)15(33)27-19(22)26-14/h2-3,5-6,9-11,16-18,32H,1,4H2,(H,34,35)(H,36,37)(H2,21,23,24)(H3,22,26,27,33)/t5-,6?,9-,10?,11?,16-,17-,18+/m1/s1. The Labute approximate surface area is 247 Å². The molecular weight excluding hydrogens is 655 g/mol. The second-order valence-electron chi connectivity index (χ2n) is 9.97. The zero-order chi connectivity index (χ0) is 31.8. The normalized spacial score (nSPS) is 37.7. The summed E-state index contributed by atoms with van der Waals surface area (Å²) in [6.07, 6.45) is -13.4. The summed E-state index contributed by atoms with van der Waals surface area (Å²) < 4.78 is 76.2. The molecule has 3 aliphatic heterocycles. The topological polar surface area (TPSA) is 322 Å². The minimum atomic E-state index is -5.20. The van der Waals surface area contributed by atoms with Crippen LogP contribution >= 0.6 is 15.4 Å². The van der Waals surface area contributed by atoms with Crippen molar-refractivity contribution < 1.29 is 56.2 Å². The molecule has 7 heterocycles. The minimum Gasteiger partial charge on any atom is -0.385 e. The molecule has 10 atom stereocenters. The van der Waals surface area contributed by atoms with E-state index in [-0.39, 0.29) is 34.1 Å². The van der Waals surface area contributed by atoms with E-state index in [1.165, 1.54) is 0 Å². The van der Waals surface area contributed by atoms with Crippen molar-refractivity contribution in [2.24, 2.45) is 0 Å². The van der Waals surface area contributed by atoms with Crippen molar-refractivity contribution >= 4 is 49.5 Å². The van der Waals surface area contributed by atoms with Gasteiger partial charge >= 0.3 is 15.4 Å². The van der Waals surface area contributed by atoms with Crippen LogP contribution in [0.25, 0.3) is 22.3 Å². The van der Waals surface area contributed by atoms with Crippen molar-refractivity contribution in [1.29, 1.82) is 0 Å². The first-order valence-corrected chi connectivity index (χ1v) is 16.0. The van der Waals surface area contributed by atoms with Gasteiger partial charge < -0.3 is 40.6 Å². The number of nitrogens with one attached hydrogen (secondary N) is 1. The lowest BCUT2D eigenvalue weighted by atomic mass is 10.1. The van der Waals surface area contributed by atoms with Crippen LogP contribution in [0.2, 0.25) is 0 Å². The molecule has 3 aliphatic rings. The first-order valence-electron chi connectivity index (χ1n) is 12.8. The van der Waals surface area contributed by atoms with E-state index in [0.717, 1.165) is 21.9 Å². The summed E-state index contributed by atoms with van der Waals surface area (Å²) in [5, 5.41) is 18.3. The second-order valence-corrected chi connectivity index (χ2v) is 13.1. The Bertz CT molecular complexity index is 1940. The van der Waals surface area contributed by atoms with E-state index in [2.05, 4.69) is 35.2 Å². The highest BCUT2D eigenvalue weighted by Crippen LogP contribution is 2.53. The van der Waals surface area contributed by atoms with Crippen LogP contribution in [0.5, 0.6) is 0 Å². The lowest BCUT2D eigenvalue weighted by molar-refractivity contribution is -0.170. The molecule has 0 aliphatic carbocycles. The van der Waals surface area contributed by atoms with E-state index >= 15 is 4.39 Å². The van der Waals surface area contributed by atoms with Gasteiger partial charge in [0, 0.05) is 0 Å². The fraction of sp³-hybridized carbons (Fsp3) is 0.526. The number of aliphatic hydroxyl groups is 1. The van der Waals surface area contributed by atoms with Crippen molar-refractivity contribution in [3.8, 4) is 0 Å². The van der Waals surface area contributed by atoms with Gasteiger partial charge in [-0.05, 0) is 0 Å². The fourth-order valence-electron chi connectivity index (χ4n) is 5.07. The third-order valence-electron chi connectivity index (χ3n) is 7.04. The number of imidazole rings is 1. The molecule has 0 radical (unpaired) electrons. The van der Waals surface area contributed by atoms with Gasteiger partial charge in [0.15, 0.2) is 53.9 Å². The van der Waals surface area contributed by atoms with Crippen LogP contribution in [0.1, 0.15) is 12.5 Å². The summed E-state index contributed by atoms with van der Waals surface area (Å²) in [7, 11) is -10.1. The summed E-state index contributed by atoms with van der Waals surface area (Å²) in [4.78, 5) is 51.5. The van der Waals surface area contributed by atoms with Gasteiger partial charge in [-0.25, -0.2) is 23.9 Å². The van der Waals surface area contributed by atoms with Gasteiger partial charge in [-0.1, -0.05) is 5.21 Å². The van der Waals surface area contributed by atoms with Gasteiger partial charge in [-0.2, -0.15) is 9.67 Å². The first kappa shape index (κ1) is 30.1. The molecular formula is C19H22FN11O12P2. The van der Waals surface area contributed by atoms with E-state index in [4.69, 9.17) is 39.2 Å². The van der Waals surface area contributed by atoms with E-state index in [1.54, 1.807) is 0 Å². The number of aromatic amines is 1. The third kappa shape index (κ3) is 5.28. The van der Waals surface area contributed by atoms with Crippen LogP contribution in [-0.2, 0) is 36.9 Å². The molecule has 23 nitrogen and oxygen atoms in total. The summed E-state index contributed by atoms with van der Waals surface area (Å²) in [6.45, 7) is -0.919. The van der Waals surface area contributed by atoms with Gasteiger partial charge in [0.05, 0.1) is 12.9 Å². The predicted octanol–water partition coefficient (Wildman–Crippen LogP) is -1.97. The highest BCUT2D eigenvalue weighted by Gasteiger charge is 2.54. The fourth-order valence-corrected chi connectivity index (χ4v) is 7.03. The number of fused-ring (bicyclic) bond motifs is 5. The first-order chi connectivity index (χ1) is 21.3. The molecule has 5 unspecified atom stereocenters. The van der Waals surface area contributed by atoms with Gasteiger partial charge in [-0.3, -0.25) is 32.5 Å². The number of hydrogen-bond donors (Lipinski definition) is 6. The van der Waals surface area contributed by atoms with Crippen molar-refractivity contribution in [2.45, 2.75) is 49.3 Å². The molecule has 7 rings (SSSR count). The van der Waals surface area contributed by atoms with E-state index < -0.39 is 83.3 Å². The molecule has 26 heteroatoms. The van der Waals surface area contributed by atoms with E-state index in [0.29, 0.717) is 0 Å². The number of aliphatic hydroxyl groups excluding tert-OH is 1. The zero-order valence-corrected chi connectivity index (χ0v) is 24.0. The molecule has 242 valence electrons. The van der Waals surface area contributed by atoms with Crippen LogP contribution < -0.4 is 17.0 Å².